The second-order valence-corrected chi connectivity index (χ2v) is 5.06. The first kappa shape index (κ1) is 14.9. The van der Waals surface area contributed by atoms with Crippen LogP contribution in [0.1, 0.15) is 11.1 Å². The van der Waals surface area contributed by atoms with Gasteiger partial charge in [0.05, 0.1) is 0 Å². The molecule has 106 valence electrons. The van der Waals surface area contributed by atoms with Gasteiger partial charge in [-0.15, -0.1) is 0 Å². The van der Waals surface area contributed by atoms with E-state index >= 15 is 0 Å². The van der Waals surface area contributed by atoms with Crippen LogP contribution in [0.25, 0.3) is 0 Å². The maximum atomic E-state index is 13.1. The summed E-state index contributed by atoms with van der Waals surface area (Å²) < 4.78 is 38.8. The quantitative estimate of drug-likeness (QED) is 0.911. The fraction of sp³-hybridized carbons (Fsp3) is 0.200. The zero-order chi connectivity index (χ0) is 14.7. The molecule has 1 atom stereocenters. The number of halogens is 4. The van der Waals surface area contributed by atoms with Gasteiger partial charge in [-0.05, 0) is 48.2 Å². The SMILES string of the molecule is NC(Cc1ccc(F)c(F)c1)Cc1ccc(F)cc1Cl. The van der Waals surface area contributed by atoms with Crippen LogP contribution < -0.4 is 5.73 Å². The van der Waals surface area contributed by atoms with Crippen molar-refractivity contribution in [3.63, 3.8) is 0 Å². The summed E-state index contributed by atoms with van der Waals surface area (Å²) >= 11 is 5.92. The van der Waals surface area contributed by atoms with Gasteiger partial charge in [-0.2, -0.15) is 0 Å². The van der Waals surface area contributed by atoms with Crippen LogP contribution >= 0.6 is 11.6 Å². The predicted molar refractivity (Wildman–Crippen MR) is 73.2 cm³/mol. The van der Waals surface area contributed by atoms with Gasteiger partial charge in [-0.3, -0.25) is 0 Å². The lowest BCUT2D eigenvalue weighted by Crippen LogP contribution is -2.25. The summed E-state index contributed by atoms with van der Waals surface area (Å²) in [7, 11) is 0. The molecule has 0 saturated carbocycles. The smallest absolute Gasteiger partial charge is 0.159 e. The molecule has 0 amide bonds. The average molecular weight is 300 g/mol. The highest BCUT2D eigenvalue weighted by atomic mass is 35.5. The average Bonchev–Trinajstić information content (AvgIpc) is 2.37. The summed E-state index contributed by atoms with van der Waals surface area (Å²) in [4.78, 5) is 0. The molecule has 5 heteroatoms. The summed E-state index contributed by atoms with van der Waals surface area (Å²) in [5.41, 5.74) is 7.30. The van der Waals surface area contributed by atoms with E-state index in [9.17, 15) is 13.2 Å². The molecule has 2 rings (SSSR count). The summed E-state index contributed by atoms with van der Waals surface area (Å²) in [6, 6.07) is 7.48. The number of rotatable bonds is 4. The Balaban J connectivity index is 2.04. The summed E-state index contributed by atoms with van der Waals surface area (Å²) in [6.07, 6.45) is 0.809. The van der Waals surface area contributed by atoms with E-state index < -0.39 is 17.5 Å². The summed E-state index contributed by atoms with van der Waals surface area (Å²) in [5, 5.41) is 0.311. The Bertz CT molecular complexity index is 616. The van der Waals surface area contributed by atoms with E-state index in [1.165, 1.54) is 18.2 Å². The van der Waals surface area contributed by atoms with Crippen LogP contribution in [0, 0.1) is 17.5 Å². The predicted octanol–water partition coefficient (Wildman–Crippen LogP) is 3.87. The molecule has 2 aromatic carbocycles. The van der Waals surface area contributed by atoms with Gasteiger partial charge in [0.15, 0.2) is 11.6 Å². The second-order valence-electron chi connectivity index (χ2n) is 4.65. The maximum Gasteiger partial charge on any atom is 0.159 e. The Morgan fingerprint density at radius 3 is 2.35 bits per heavy atom. The lowest BCUT2D eigenvalue weighted by Gasteiger charge is -2.13. The lowest BCUT2D eigenvalue weighted by atomic mass is 9.99. The van der Waals surface area contributed by atoms with Crippen molar-refractivity contribution >= 4 is 11.6 Å². The molecule has 1 nitrogen and oxygen atoms in total. The van der Waals surface area contributed by atoms with Crippen molar-refractivity contribution in [1.82, 2.24) is 0 Å². The first-order chi connectivity index (χ1) is 9.45. The molecule has 2 N–H and O–H groups in total. The van der Waals surface area contributed by atoms with E-state index in [4.69, 9.17) is 17.3 Å². The Kier molecular flexibility index (Phi) is 4.68. The highest BCUT2D eigenvalue weighted by molar-refractivity contribution is 6.31. The highest BCUT2D eigenvalue weighted by Gasteiger charge is 2.10. The Morgan fingerprint density at radius 2 is 1.70 bits per heavy atom. The second kappa shape index (κ2) is 6.29. The minimum atomic E-state index is -0.894. The van der Waals surface area contributed by atoms with Crippen LogP contribution in [0.2, 0.25) is 5.02 Å². The van der Waals surface area contributed by atoms with Gasteiger partial charge in [-0.1, -0.05) is 23.7 Å². The van der Waals surface area contributed by atoms with Crippen LogP contribution in [0.5, 0.6) is 0 Å². The fourth-order valence-electron chi connectivity index (χ4n) is 2.01. The number of hydrogen-bond acceptors (Lipinski definition) is 1. The largest absolute Gasteiger partial charge is 0.327 e. The van der Waals surface area contributed by atoms with Crippen molar-refractivity contribution in [2.75, 3.05) is 0 Å². The zero-order valence-corrected chi connectivity index (χ0v) is 11.3. The molecule has 0 spiro atoms. The molecule has 0 aliphatic rings. The van der Waals surface area contributed by atoms with E-state index in [1.54, 1.807) is 6.07 Å². The highest BCUT2D eigenvalue weighted by Crippen LogP contribution is 2.19. The first-order valence-corrected chi connectivity index (χ1v) is 6.47. The molecule has 0 fully saturated rings. The van der Waals surface area contributed by atoms with Crippen LogP contribution in [-0.4, -0.2) is 6.04 Å². The summed E-state index contributed by atoms with van der Waals surface area (Å²) in [5.74, 6) is -2.19. The van der Waals surface area contributed by atoms with Crippen molar-refractivity contribution in [3.05, 3.63) is 70.0 Å². The van der Waals surface area contributed by atoms with Crippen molar-refractivity contribution in [2.24, 2.45) is 5.73 Å². The van der Waals surface area contributed by atoms with Crippen LogP contribution in [0.3, 0.4) is 0 Å². The minimum absolute atomic E-state index is 0.311. The van der Waals surface area contributed by atoms with E-state index in [1.807, 2.05) is 0 Å². The molecule has 0 radical (unpaired) electrons. The number of benzene rings is 2. The standard InChI is InChI=1S/C15H13ClF3N/c16-13-8-11(17)3-2-10(13)7-12(20)5-9-1-4-14(18)15(19)6-9/h1-4,6,8,12H,5,7,20H2. The molecule has 0 aliphatic heterocycles. The van der Waals surface area contributed by atoms with Crippen molar-refractivity contribution in [2.45, 2.75) is 18.9 Å². The normalized spacial score (nSPS) is 12.4. The number of hydrogen-bond donors (Lipinski definition) is 1. The third-order valence-corrected chi connectivity index (χ3v) is 3.33. The van der Waals surface area contributed by atoms with Gasteiger partial charge >= 0.3 is 0 Å². The van der Waals surface area contributed by atoms with Gasteiger partial charge in [0.25, 0.3) is 0 Å². The zero-order valence-electron chi connectivity index (χ0n) is 10.5. The van der Waals surface area contributed by atoms with Gasteiger partial charge in [0.2, 0.25) is 0 Å². The molecule has 0 aliphatic carbocycles. The Morgan fingerprint density at radius 1 is 0.950 bits per heavy atom. The van der Waals surface area contributed by atoms with Crippen molar-refractivity contribution in [1.29, 1.82) is 0 Å². The fourth-order valence-corrected chi connectivity index (χ4v) is 2.26. The van der Waals surface area contributed by atoms with Crippen LogP contribution in [0.15, 0.2) is 36.4 Å². The van der Waals surface area contributed by atoms with Gasteiger partial charge in [0, 0.05) is 11.1 Å². The number of nitrogens with two attached hydrogens (primary N) is 1. The molecular weight excluding hydrogens is 287 g/mol. The molecule has 0 aromatic heterocycles. The van der Waals surface area contributed by atoms with E-state index in [0.29, 0.717) is 23.4 Å². The third kappa shape index (κ3) is 3.74. The van der Waals surface area contributed by atoms with E-state index in [-0.39, 0.29) is 6.04 Å². The molecular formula is C15H13ClF3N. The molecule has 0 saturated heterocycles. The van der Waals surface area contributed by atoms with Gasteiger partial charge in [-0.25, -0.2) is 13.2 Å². The molecule has 0 bridgehead atoms. The Hall–Kier alpha value is -1.52. The van der Waals surface area contributed by atoms with Gasteiger partial charge < -0.3 is 5.73 Å². The van der Waals surface area contributed by atoms with Crippen LogP contribution in [0.4, 0.5) is 13.2 Å². The maximum absolute atomic E-state index is 13.1. The topological polar surface area (TPSA) is 26.0 Å². The molecule has 0 heterocycles. The Labute approximate surface area is 120 Å². The van der Waals surface area contributed by atoms with E-state index in [0.717, 1.165) is 17.7 Å². The molecule has 1 unspecified atom stereocenters. The third-order valence-electron chi connectivity index (χ3n) is 2.98. The molecule has 20 heavy (non-hydrogen) atoms. The first-order valence-electron chi connectivity index (χ1n) is 6.09. The monoisotopic (exact) mass is 299 g/mol. The lowest BCUT2D eigenvalue weighted by molar-refractivity contribution is 0.506. The molecule has 2 aromatic rings. The van der Waals surface area contributed by atoms with Crippen molar-refractivity contribution in [3.8, 4) is 0 Å². The minimum Gasteiger partial charge on any atom is -0.327 e. The van der Waals surface area contributed by atoms with Crippen molar-refractivity contribution < 1.29 is 13.2 Å². The van der Waals surface area contributed by atoms with Gasteiger partial charge in [0.1, 0.15) is 5.82 Å². The summed E-state index contributed by atoms with van der Waals surface area (Å²) in [6.45, 7) is 0. The van der Waals surface area contributed by atoms with Crippen LogP contribution in [-0.2, 0) is 12.8 Å². The van der Waals surface area contributed by atoms with E-state index in [2.05, 4.69) is 0 Å².